The summed E-state index contributed by atoms with van der Waals surface area (Å²) in [6.45, 7) is 2.06. The molecule has 8 heteroatoms. The largest absolute Gasteiger partial charge is 0.455 e. The Balaban J connectivity index is 1.68. The van der Waals surface area contributed by atoms with Crippen LogP contribution in [0.3, 0.4) is 0 Å². The first-order valence-corrected chi connectivity index (χ1v) is 8.87. The van der Waals surface area contributed by atoms with Crippen LogP contribution in [0.4, 0.5) is 0 Å². The molecule has 0 unspecified atom stereocenters. The number of hydrogen-bond donors (Lipinski definition) is 2. The van der Waals surface area contributed by atoms with Crippen LogP contribution in [0.5, 0.6) is 0 Å². The molecule has 1 amide bonds. The van der Waals surface area contributed by atoms with E-state index >= 15 is 0 Å². The van der Waals surface area contributed by atoms with Crippen molar-refractivity contribution in [2.75, 3.05) is 13.2 Å². The summed E-state index contributed by atoms with van der Waals surface area (Å²) in [4.78, 5) is 23.1. The summed E-state index contributed by atoms with van der Waals surface area (Å²) < 4.78 is 27.2. The number of benzene rings is 1. The van der Waals surface area contributed by atoms with Gasteiger partial charge in [-0.1, -0.05) is 19.1 Å². The second kappa shape index (κ2) is 7.10. The van der Waals surface area contributed by atoms with Crippen molar-refractivity contribution in [1.82, 2.24) is 5.32 Å². The molecule has 1 aliphatic rings. The minimum Gasteiger partial charge on any atom is -0.455 e. The number of carbonyl (C=O) groups is 2. The van der Waals surface area contributed by atoms with Gasteiger partial charge in [0.1, 0.15) is 0 Å². The van der Waals surface area contributed by atoms with Crippen molar-refractivity contribution in [2.24, 2.45) is 17.0 Å². The zero-order chi connectivity index (χ0) is 17.0. The molecule has 1 aromatic rings. The van der Waals surface area contributed by atoms with Gasteiger partial charge in [0.15, 0.2) is 6.61 Å². The predicted molar refractivity (Wildman–Crippen MR) is 82.8 cm³/mol. The molecular weight excluding hydrogens is 320 g/mol. The van der Waals surface area contributed by atoms with E-state index in [-0.39, 0.29) is 29.3 Å². The Morgan fingerprint density at radius 2 is 1.91 bits per heavy atom. The van der Waals surface area contributed by atoms with E-state index in [9.17, 15) is 18.0 Å². The third kappa shape index (κ3) is 5.33. The number of sulfonamides is 1. The number of esters is 1. The summed E-state index contributed by atoms with van der Waals surface area (Å²) in [7, 11) is -3.69. The van der Waals surface area contributed by atoms with E-state index in [4.69, 9.17) is 9.88 Å². The number of nitrogens with one attached hydrogen (secondary N) is 1. The predicted octanol–water partition coefficient (Wildman–Crippen LogP) is 0.192. The van der Waals surface area contributed by atoms with Gasteiger partial charge in [-0.15, -0.1) is 0 Å². The quantitative estimate of drug-likeness (QED) is 0.688. The second-order valence-electron chi connectivity index (χ2n) is 5.72. The van der Waals surface area contributed by atoms with Gasteiger partial charge in [0.25, 0.3) is 5.91 Å². The van der Waals surface area contributed by atoms with Gasteiger partial charge in [-0.05, 0) is 36.5 Å². The molecule has 1 fully saturated rings. The first kappa shape index (κ1) is 17.4. The fourth-order valence-electron chi connectivity index (χ4n) is 2.14. The van der Waals surface area contributed by atoms with Crippen molar-refractivity contribution in [1.29, 1.82) is 0 Å². The van der Waals surface area contributed by atoms with Gasteiger partial charge in [0, 0.05) is 6.54 Å². The lowest BCUT2D eigenvalue weighted by Crippen LogP contribution is -2.30. The number of rotatable bonds is 7. The van der Waals surface area contributed by atoms with Crippen LogP contribution < -0.4 is 10.5 Å². The van der Waals surface area contributed by atoms with Gasteiger partial charge >= 0.3 is 5.97 Å². The molecule has 0 bridgehead atoms. The van der Waals surface area contributed by atoms with Crippen LogP contribution in [-0.2, 0) is 30.8 Å². The average molecular weight is 340 g/mol. The van der Waals surface area contributed by atoms with Gasteiger partial charge in [0.2, 0.25) is 10.0 Å². The lowest BCUT2D eigenvalue weighted by Gasteiger charge is -2.07. The fourth-order valence-corrected chi connectivity index (χ4v) is 2.65. The smallest absolute Gasteiger partial charge is 0.309 e. The summed E-state index contributed by atoms with van der Waals surface area (Å²) >= 11 is 0. The van der Waals surface area contributed by atoms with Crippen molar-refractivity contribution in [3.05, 3.63) is 29.8 Å². The summed E-state index contributed by atoms with van der Waals surface area (Å²) in [6, 6.07) is 6.12. The van der Waals surface area contributed by atoms with E-state index in [1.807, 2.05) is 6.92 Å². The lowest BCUT2D eigenvalue weighted by atomic mass is 10.1. The highest BCUT2D eigenvalue weighted by atomic mass is 32.2. The molecule has 7 nitrogen and oxygen atoms in total. The van der Waals surface area contributed by atoms with E-state index in [1.165, 1.54) is 12.1 Å². The van der Waals surface area contributed by atoms with Crippen molar-refractivity contribution in [2.45, 2.75) is 24.7 Å². The highest BCUT2D eigenvalue weighted by Crippen LogP contribution is 2.38. The fraction of sp³-hybridized carbons (Fsp3) is 0.467. The number of nitrogens with two attached hydrogens (primary N) is 1. The Morgan fingerprint density at radius 3 is 2.43 bits per heavy atom. The van der Waals surface area contributed by atoms with Gasteiger partial charge in [-0.2, -0.15) is 0 Å². The maximum absolute atomic E-state index is 11.6. The topological polar surface area (TPSA) is 116 Å². The Kier molecular flexibility index (Phi) is 5.38. The normalized spacial score (nSPS) is 19.9. The van der Waals surface area contributed by atoms with E-state index in [2.05, 4.69) is 5.32 Å². The van der Waals surface area contributed by atoms with Crippen LogP contribution in [0.25, 0.3) is 0 Å². The number of primary sulfonamides is 1. The SMILES string of the molecule is C[C@@H]1C[C@H]1C(=O)OCC(=O)NCCc1ccc(S(N)(=O)=O)cc1. The molecule has 1 saturated carbocycles. The van der Waals surface area contributed by atoms with E-state index < -0.39 is 10.0 Å². The molecule has 2 atom stereocenters. The maximum atomic E-state index is 11.6. The molecule has 0 saturated heterocycles. The second-order valence-corrected chi connectivity index (χ2v) is 7.28. The van der Waals surface area contributed by atoms with E-state index in [0.717, 1.165) is 12.0 Å². The van der Waals surface area contributed by atoms with Crippen LogP contribution in [0.2, 0.25) is 0 Å². The molecule has 0 radical (unpaired) electrons. The van der Waals surface area contributed by atoms with Gasteiger partial charge < -0.3 is 10.1 Å². The molecule has 0 heterocycles. The first-order chi connectivity index (χ1) is 10.8. The molecule has 126 valence electrons. The average Bonchev–Trinajstić information content (AvgIpc) is 3.21. The number of amides is 1. The molecular formula is C15H20N2O5S. The number of carbonyl (C=O) groups excluding carboxylic acids is 2. The summed E-state index contributed by atoms with van der Waals surface area (Å²) in [5.74, 6) is -0.370. The van der Waals surface area contributed by atoms with E-state index in [1.54, 1.807) is 12.1 Å². The van der Waals surface area contributed by atoms with Gasteiger partial charge in [-0.25, -0.2) is 13.6 Å². The van der Waals surface area contributed by atoms with Crippen molar-refractivity contribution in [3.8, 4) is 0 Å². The van der Waals surface area contributed by atoms with Gasteiger partial charge in [0.05, 0.1) is 10.8 Å². The van der Waals surface area contributed by atoms with Crippen molar-refractivity contribution in [3.63, 3.8) is 0 Å². The van der Waals surface area contributed by atoms with Crippen LogP contribution in [0, 0.1) is 11.8 Å². The third-order valence-electron chi connectivity index (χ3n) is 3.75. The minimum atomic E-state index is -3.69. The van der Waals surface area contributed by atoms with Crippen molar-refractivity contribution < 1.29 is 22.7 Å². The molecule has 0 aliphatic heterocycles. The first-order valence-electron chi connectivity index (χ1n) is 7.32. The molecule has 1 aromatic carbocycles. The van der Waals surface area contributed by atoms with Crippen LogP contribution >= 0.6 is 0 Å². The standard InChI is InChI=1S/C15H20N2O5S/c1-10-8-13(10)15(19)22-9-14(18)17-7-6-11-2-4-12(5-3-11)23(16,20)21/h2-5,10,13H,6-9H2,1H3,(H,17,18)(H2,16,20,21)/t10-,13-/m1/s1. The van der Waals surface area contributed by atoms with Crippen LogP contribution in [0.1, 0.15) is 18.9 Å². The third-order valence-corrected chi connectivity index (χ3v) is 4.67. The zero-order valence-electron chi connectivity index (χ0n) is 12.8. The Hall–Kier alpha value is -1.93. The lowest BCUT2D eigenvalue weighted by molar-refractivity contribution is -0.150. The zero-order valence-corrected chi connectivity index (χ0v) is 13.6. The highest BCUT2D eigenvalue weighted by molar-refractivity contribution is 7.89. The van der Waals surface area contributed by atoms with Gasteiger partial charge in [-0.3, -0.25) is 9.59 Å². The molecule has 3 N–H and O–H groups in total. The Bertz CT molecular complexity index is 684. The monoisotopic (exact) mass is 340 g/mol. The molecule has 1 aliphatic carbocycles. The summed E-state index contributed by atoms with van der Waals surface area (Å²) in [5, 5.41) is 7.66. The number of ether oxygens (including phenoxy) is 1. The van der Waals surface area contributed by atoms with E-state index in [0.29, 0.717) is 18.9 Å². The van der Waals surface area contributed by atoms with Crippen LogP contribution in [0.15, 0.2) is 29.2 Å². The Labute approximate surface area is 135 Å². The molecule has 0 spiro atoms. The van der Waals surface area contributed by atoms with Crippen LogP contribution in [-0.4, -0.2) is 33.4 Å². The molecule has 0 aromatic heterocycles. The Morgan fingerprint density at radius 1 is 1.30 bits per heavy atom. The molecule has 23 heavy (non-hydrogen) atoms. The minimum absolute atomic E-state index is 0.0477. The summed E-state index contributed by atoms with van der Waals surface area (Å²) in [5.41, 5.74) is 0.862. The van der Waals surface area contributed by atoms with Crippen molar-refractivity contribution >= 4 is 21.9 Å². The number of hydrogen-bond acceptors (Lipinski definition) is 5. The maximum Gasteiger partial charge on any atom is 0.309 e. The highest BCUT2D eigenvalue weighted by Gasteiger charge is 2.40. The summed E-state index contributed by atoms with van der Waals surface area (Å²) in [6.07, 6.45) is 1.36. The molecule has 2 rings (SSSR count).